The van der Waals surface area contributed by atoms with Gasteiger partial charge >= 0.3 is 0 Å². The first-order chi connectivity index (χ1) is 7.04. The molecule has 15 heavy (non-hydrogen) atoms. The zero-order chi connectivity index (χ0) is 11.4. The Hall–Kier alpha value is -1.43. The van der Waals surface area contributed by atoms with Crippen molar-refractivity contribution >= 4 is 17.7 Å². The molecule has 1 atom stereocenters. The van der Waals surface area contributed by atoms with Crippen LogP contribution in [0.3, 0.4) is 0 Å². The number of hydrogen-bond acceptors (Lipinski definition) is 4. The normalized spacial score (nSPS) is 18.7. The molecule has 1 heterocycles. The van der Waals surface area contributed by atoms with E-state index in [2.05, 4.69) is 10.6 Å². The predicted octanol–water partition coefficient (Wildman–Crippen LogP) is -1.67. The third-order valence-electron chi connectivity index (χ3n) is 2.19. The quantitative estimate of drug-likeness (QED) is 0.549. The molecule has 0 radical (unpaired) electrons. The number of amides is 3. The summed E-state index contributed by atoms with van der Waals surface area (Å²) in [6.07, 6.45) is 0. The van der Waals surface area contributed by atoms with Gasteiger partial charge in [0.2, 0.25) is 17.7 Å². The monoisotopic (exact) mass is 213 g/mol. The van der Waals surface area contributed by atoms with E-state index in [0.29, 0.717) is 6.54 Å². The molecule has 0 aromatic carbocycles. The fraction of sp³-hybridized carbons (Fsp3) is 0.667. The zero-order valence-corrected chi connectivity index (χ0v) is 8.87. The van der Waals surface area contributed by atoms with Crippen LogP contribution in [0.4, 0.5) is 0 Å². The molecule has 0 spiro atoms. The average Bonchev–Trinajstić information content (AvgIpc) is 2.15. The highest BCUT2D eigenvalue weighted by Crippen LogP contribution is 2.03. The van der Waals surface area contributed by atoms with Gasteiger partial charge in [0.05, 0.1) is 0 Å². The predicted molar refractivity (Wildman–Crippen MR) is 52.8 cm³/mol. The molecule has 1 rings (SSSR count). The molecule has 1 fully saturated rings. The summed E-state index contributed by atoms with van der Waals surface area (Å²) < 4.78 is 0. The molecule has 0 aromatic rings. The highest BCUT2D eigenvalue weighted by molar-refractivity contribution is 6.02. The van der Waals surface area contributed by atoms with Gasteiger partial charge in [-0.1, -0.05) is 6.92 Å². The molecular weight excluding hydrogens is 198 g/mol. The number of rotatable bonds is 3. The van der Waals surface area contributed by atoms with Crippen molar-refractivity contribution < 1.29 is 14.4 Å². The minimum atomic E-state index is -0.420. The Kier molecular flexibility index (Phi) is 3.79. The van der Waals surface area contributed by atoms with Crippen LogP contribution in [0.2, 0.25) is 0 Å². The molecule has 3 amide bonds. The van der Waals surface area contributed by atoms with Gasteiger partial charge in [-0.2, -0.15) is 0 Å². The Morgan fingerprint density at radius 1 is 1.47 bits per heavy atom. The SMILES string of the molecule is CNCC(C)C(=O)N1CC(=O)NC(=O)C1. The lowest BCUT2D eigenvalue weighted by Gasteiger charge is -2.27. The number of carbonyl (C=O) groups excluding carboxylic acids is 3. The van der Waals surface area contributed by atoms with Crippen LogP contribution in [0.15, 0.2) is 0 Å². The third kappa shape index (κ3) is 3.02. The summed E-state index contributed by atoms with van der Waals surface area (Å²) in [6, 6.07) is 0. The zero-order valence-electron chi connectivity index (χ0n) is 8.87. The average molecular weight is 213 g/mol. The van der Waals surface area contributed by atoms with E-state index in [1.54, 1.807) is 14.0 Å². The van der Waals surface area contributed by atoms with E-state index in [-0.39, 0.29) is 24.9 Å². The molecule has 0 saturated carbocycles. The minimum Gasteiger partial charge on any atom is -0.324 e. The molecule has 0 aliphatic carbocycles. The third-order valence-corrected chi connectivity index (χ3v) is 2.19. The summed E-state index contributed by atoms with van der Waals surface area (Å²) >= 11 is 0. The van der Waals surface area contributed by atoms with Gasteiger partial charge in [0.1, 0.15) is 13.1 Å². The number of piperazine rings is 1. The molecular formula is C9H15N3O3. The van der Waals surface area contributed by atoms with Crippen LogP contribution < -0.4 is 10.6 Å². The Balaban J connectivity index is 2.58. The maximum Gasteiger partial charge on any atom is 0.246 e. The molecule has 0 aromatic heterocycles. The second-order valence-corrected chi connectivity index (χ2v) is 3.62. The van der Waals surface area contributed by atoms with Crippen molar-refractivity contribution in [2.45, 2.75) is 6.92 Å². The van der Waals surface area contributed by atoms with Gasteiger partial charge in [0.15, 0.2) is 0 Å². The van der Waals surface area contributed by atoms with E-state index in [0.717, 1.165) is 0 Å². The van der Waals surface area contributed by atoms with Crippen LogP contribution in [0.5, 0.6) is 0 Å². The first-order valence-electron chi connectivity index (χ1n) is 4.80. The van der Waals surface area contributed by atoms with Crippen molar-refractivity contribution in [2.75, 3.05) is 26.7 Å². The second-order valence-electron chi connectivity index (χ2n) is 3.62. The highest BCUT2D eigenvalue weighted by Gasteiger charge is 2.28. The Labute approximate surface area is 88.0 Å². The fourth-order valence-electron chi connectivity index (χ4n) is 1.50. The van der Waals surface area contributed by atoms with Crippen molar-refractivity contribution in [3.63, 3.8) is 0 Å². The van der Waals surface area contributed by atoms with E-state index in [1.807, 2.05) is 0 Å². The molecule has 84 valence electrons. The first kappa shape index (κ1) is 11.6. The standard InChI is InChI=1S/C9H15N3O3/c1-6(3-10-2)9(15)12-4-7(13)11-8(14)5-12/h6,10H,3-5H2,1-2H3,(H,11,13,14). The smallest absolute Gasteiger partial charge is 0.246 e. The van der Waals surface area contributed by atoms with Crippen LogP contribution >= 0.6 is 0 Å². The van der Waals surface area contributed by atoms with Gasteiger partial charge in [-0.15, -0.1) is 0 Å². The van der Waals surface area contributed by atoms with Gasteiger partial charge < -0.3 is 10.2 Å². The van der Waals surface area contributed by atoms with Crippen LogP contribution in [-0.2, 0) is 14.4 Å². The van der Waals surface area contributed by atoms with E-state index < -0.39 is 11.8 Å². The fourth-order valence-corrected chi connectivity index (χ4v) is 1.50. The first-order valence-corrected chi connectivity index (χ1v) is 4.80. The molecule has 1 aliphatic heterocycles. The summed E-state index contributed by atoms with van der Waals surface area (Å²) in [5.41, 5.74) is 0. The van der Waals surface area contributed by atoms with Crippen molar-refractivity contribution in [1.29, 1.82) is 0 Å². The van der Waals surface area contributed by atoms with Gasteiger partial charge in [-0.25, -0.2) is 0 Å². The molecule has 1 aliphatic rings. The van der Waals surface area contributed by atoms with Crippen LogP contribution in [0, 0.1) is 5.92 Å². The lowest BCUT2D eigenvalue weighted by molar-refractivity contribution is -0.147. The Morgan fingerprint density at radius 2 is 2.00 bits per heavy atom. The second kappa shape index (κ2) is 4.88. The molecule has 1 unspecified atom stereocenters. The number of hydrogen-bond donors (Lipinski definition) is 2. The Morgan fingerprint density at radius 3 is 2.47 bits per heavy atom. The van der Waals surface area contributed by atoms with E-state index in [4.69, 9.17) is 0 Å². The Bertz CT molecular complexity index is 274. The summed E-state index contributed by atoms with van der Waals surface area (Å²) in [5, 5.41) is 5.02. The van der Waals surface area contributed by atoms with Crippen molar-refractivity contribution in [2.24, 2.45) is 5.92 Å². The topological polar surface area (TPSA) is 78.5 Å². The van der Waals surface area contributed by atoms with Gasteiger partial charge in [-0.05, 0) is 7.05 Å². The molecule has 2 N–H and O–H groups in total. The van der Waals surface area contributed by atoms with Crippen molar-refractivity contribution in [1.82, 2.24) is 15.5 Å². The van der Waals surface area contributed by atoms with Gasteiger partial charge in [-0.3, -0.25) is 19.7 Å². The summed E-state index contributed by atoms with van der Waals surface area (Å²) in [7, 11) is 1.75. The maximum atomic E-state index is 11.7. The number of carbonyl (C=O) groups is 3. The highest BCUT2D eigenvalue weighted by atomic mass is 16.2. The van der Waals surface area contributed by atoms with Crippen LogP contribution in [-0.4, -0.2) is 49.3 Å². The summed E-state index contributed by atoms with van der Waals surface area (Å²) in [5.74, 6) is -1.24. The summed E-state index contributed by atoms with van der Waals surface area (Å²) in [6.45, 7) is 2.23. The lowest BCUT2D eigenvalue weighted by Crippen LogP contribution is -2.55. The van der Waals surface area contributed by atoms with Crippen molar-refractivity contribution in [3.8, 4) is 0 Å². The van der Waals surface area contributed by atoms with Crippen molar-refractivity contribution in [3.05, 3.63) is 0 Å². The maximum absolute atomic E-state index is 11.7. The number of nitrogens with zero attached hydrogens (tertiary/aromatic N) is 1. The largest absolute Gasteiger partial charge is 0.324 e. The number of nitrogens with one attached hydrogen (secondary N) is 2. The molecule has 6 nitrogen and oxygen atoms in total. The van der Waals surface area contributed by atoms with Crippen LogP contribution in [0.25, 0.3) is 0 Å². The van der Waals surface area contributed by atoms with E-state index in [9.17, 15) is 14.4 Å². The van der Waals surface area contributed by atoms with Crippen LogP contribution in [0.1, 0.15) is 6.92 Å². The molecule has 1 saturated heterocycles. The summed E-state index contributed by atoms with van der Waals surface area (Å²) in [4.78, 5) is 35.1. The lowest BCUT2D eigenvalue weighted by atomic mass is 10.1. The van der Waals surface area contributed by atoms with E-state index in [1.165, 1.54) is 4.90 Å². The van der Waals surface area contributed by atoms with Gasteiger partial charge in [0, 0.05) is 12.5 Å². The number of imide groups is 1. The van der Waals surface area contributed by atoms with Gasteiger partial charge in [0.25, 0.3) is 0 Å². The van der Waals surface area contributed by atoms with E-state index >= 15 is 0 Å². The molecule has 6 heteroatoms. The minimum absolute atomic E-state index is 0.0291. The molecule has 0 bridgehead atoms.